The van der Waals surface area contributed by atoms with Gasteiger partial charge in [-0.1, -0.05) is 6.08 Å². The number of hydrogen-bond acceptors (Lipinski definition) is 5. The zero-order chi connectivity index (χ0) is 10.5. The van der Waals surface area contributed by atoms with E-state index in [4.69, 9.17) is 24.1 Å². The number of allylic oxidation sites excluding steroid dienone is 2. The van der Waals surface area contributed by atoms with Crippen molar-refractivity contribution in [3.05, 3.63) is 24.2 Å². The number of aliphatic hydroxyl groups excluding tert-OH is 1. The minimum atomic E-state index is -0.359. The molecule has 84 valence electrons. The van der Waals surface area contributed by atoms with E-state index in [-0.39, 0.29) is 25.6 Å². The average molecular weight is 214 g/mol. The average Bonchev–Trinajstić information content (AvgIpc) is 2.80. The van der Waals surface area contributed by atoms with Crippen LogP contribution in [-0.4, -0.2) is 43.9 Å². The SMILES string of the molecule is OCCOC1=CC=CC(C2OCCO2)O1. The normalized spacial score (nSPS) is 26.2. The summed E-state index contributed by atoms with van der Waals surface area (Å²) in [5.74, 6) is 0.385. The van der Waals surface area contributed by atoms with Crippen molar-refractivity contribution in [3.8, 4) is 0 Å². The molecule has 5 heteroatoms. The van der Waals surface area contributed by atoms with E-state index in [0.29, 0.717) is 19.2 Å². The first kappa shape index (κ1) is 10.5. The predicted octanol–water partition coefficient (Wildman–Crippen LogP) is 0.165. The number of hydrogen-bond donors (Lipinski definition) is 1. The summed E-state index contributed by atoms with van der Waals surface area (Å²) in [5, 5.41) is 8.60. The lowest BCUT2D eigenvalue weighted by Crippen LogP contribution is -2.29. The fourth-order valence-corrected chi connectivity index (χ4v) is 1.40. The van der Waals surface area contributed by atoms with Gasteiger partial charge in [0.1, 0.15) is 6.61 Å². The molecule has 2 rings (SSSR count). The maximum Gasteiger partial charge on any atom is 0.279 e. The van der Waals surface area contributed by atoms with Crippen LogP contribution >= 0.6 is 0 Å². The van der Waals surface area contributed by atoms with Crippen LogP contribution in [0.3, 0.4) is 0 Å². The molecule has 1 N–H and O–H groups in total. The first-order valence-corrected chi connectivity index (χ1v) is 4.92. The molecule has 1 fully saturated rings. The third-order valence-corrected chi connectivity index (χ3v) is 2.04. The van der Waals surface area contributed by atoms with Crippen LogP contribution in [0.5, 0.6) is 0 Å². The molecule has 0 aromatic carbocycles. The molecule has 2 heterocycles. The standard InChI is InChI=1S/C10H14O5/c11-4-5-12-9-3-1-2-8(15-9)10-13-6-7-14-10/h1-3,8,10-11H,4-7H2. The van der Waals surface area contributed by atoms with Gasteiger partial charge in [-0.2, -0.15) is 0 Å². The van der Waals surface area contributed by atoms with E-state index in [0.717, 1.165) is 0 Å². The van der Waals surface area contributed by atoms with Crippen molar-refractivity contribution in [2.24, 2.45) is 0 Å². The first-order valence-electron chi connectivity index (χ1n) is 4.92. The van der Waals surface area contributed by atoms with Gasteiger partial charge in [-0.05, 0) is 6.08 Å². The fourth-order valence-electron chi connectivity index (χ4n) is 1.40. The van der Waals surface area contributed by atoms with Crippen LogP contribution < -0.4 is 0 Å². The maximum absolute atomic E-state index is 8.60. The number of aliphatic hydroxyl groups is 1. The maximum atomic E-state index is 8.60. The summed E-state index contributed by atoms with van der Waals surface area (Å²) in [6, 6.07) is 0. The molecule has 5 nitrogen and oxygen atoms in total. The van der Waals surface area contributed by atoms with Crippen molar-refractivity contribution >= 4 is 0 Å². The van der Waals surface area contributed by atoms with Crippen molar-refractivity contribution in [1.29, 1.82) is 0 Å². The van der Waals surface area contributed by atoms with E-state index >= 15 is 0 Å². The van der Waals surface area contributed by atoms with Crippen molar-refractivity contribution in [2.75, 3.05) is 26.4 Å². The monoisotopic (exact) mass is 214 g/mol. The molecule has 0 bridgehead atoms. The summed E-state index contributed by atoms with van der Waals surface area (Å²) in [6.07, 6.45) is 4.74. The zero-order valence-corrected chi connectivity index (χ0v) is 8.30. The zero-order valence-electron chi connectivity index (χ0n) is 8.30. The van der Waals surface area contributed by atoms with E-state index < -0.39 is 0 Å². The highest BCUT2D eigenvalue weighted by molar-refractivity contribution is 5.12. The molecule has 0 radical (unpaired) electrons. The lowest BCUT2D eigenvalue weighted by Gasteiger charge is -2.23. The Morgan fingerprint density at radius 3 is 2.93 bits per heavy atom. The van der Waals surface area contributed by atoms with Gasteiger partial charge in [0.25, 0.3) is 5.95 Å². The summed E-state index contributed by atoms with van der Waals surface area (Å²) in [7, 11) is 0. The lowest BCUT2D eigenvalue weighted by atomic mass is 10.2. The third-order valence-electron chi connectivity index (χ3n) is 2.04. The quantitative estimate of drug-likeness (QED) is 0.722. The van der Waals surface area contributed by atoms with Crippen molar-refractivity contribution in [1.82, 2.24) is 0 Å². The van der Waals surface area contributed by atoms with E-state index in [1.54, 1.807) is 6.08 Å². The van der Waals surface area contributed by atoms with Crippen LogP contribution in [0.1, 0.15) is 0 Å². The van der Waals surface area contributed by atoms with Gasteiger partial charge in [-0.25, -0.2) is 0 Å². The second kappa shape index (κ2) is 5.16. The van der Waals surface area contributed by atoms with Crippen molar-refractivity contribution < 1.29 is 24.1 Å². The van der Waals surface area contributed by atoms with Crippen LogP contribution in [0, 0.1) is 0 Å². The van der Waals surface area contributed by atoms with Crippen LogP contribution in [0.2, 0.25) is 0 Å². The molecule has 0 aromatic heterocycles. The molecule has 15 heavy (non-hydrogen) atoms. The summed E-state index contributed by atoms with van der Waals surface area (Å²) >= 11 is 0. The molecule has 0 saturated carbocycles. The molecule has 0 aliphatic carbocycles. The molecule has 0 aromatic rings. The Bertz CT molecular complexity index is 255. The molecule has 2 aliphatic rings. The van der Waals surface area contributed by atoms with E-state index in [9.17, 15) is 0 Å². The van der Waals surface area contributed by atoms with E-state index in [1.807, 2.05) is 12.2 Å². The first-order chi connectivity index (χ1) is 7.40. The van der Waals surface area contributed by atoms with Gasteiger partial charge >= 0.3 is 0 Å². The van der Waals surface area contributed by atoms with Gasteiger partial charge in [0.2, 0.25) is 0 Å². The molecule has 1 unspecified atom stereocenters. The van der Waals surface area contributed by atoms with Gasteiger partial charge in [-0.3, -0.25) is 0 Å². The third kappa shape index (κ3) is 2.71. The predicted molar refractivity (Wildman–Crippen MR) is 50.8 cm³/mol. The fraction of sp³-hybridized carbons (Fsp3) is 0.600. The Labute approximate surface area is 87.9 Å². The molecular weight excluding hydrogens is 200 g/mol. The second-order valence-electron chi connectivity index (χ2n) is 3.14. The topological polar surface area (TPSA) is 57.2 Å². The molecular formula is C10H14O5. The van der Waals surface area contributed by atoms with Crippen LogP contribution in [0.4, 0.5) is 0 Å². The minimum absolute atomic E-state index is 0.0362. The smallest absolute Gasteiger partial charge is 0.279 e. The van der Waals surface area contributed by atoms with Crippen molar-refractivity contribution in [3.63, 3.8) is 0 Å². The Morgan fingerprint density at radius 1 is 1.40 bits per heavy atom. The Balaban J connectivity index is 1.85. The van der Waals surface area contributed by atoms with Gasteiger partial charge in [0.15, 0.2) is 12.4 Å². The summed E-state index contributed by atoms with van der Waals surface area (Å²) in [6.45, 7) is 1.37. The Hall–Kier alpha value is -1.04. The second-order valence-corrected chi connectivity index (χ2v) is 3.14. The highest BCUT2D eigenvalue weighted by Gasteiger charge is 2.28. The van der Waals surface area contributed by atoms with Gasteiger partial charge < -0.3 is 24.1 Å². The molecule has 2 aliphatic heterocycles. The molecule has 1 saturated heterocycles. The van der Waals surface area contributed by atoms with Crippen LogP contribution in [0.25, 0.3) is 0 Å². The van der Waals surface area contributed by atoms with Gasteiger partial charge in [0.05, 0.1) is 19.8 Å². The number of rotatable bonds is 4. The number of ether oxygens (including phenoxy) is 4. The summed E-state index contributed by atoms with van der Waals surface area (Å²) in [4.78, 5) is 0. The summed E-state index contributed by atoms with van der Waals surface area (Å²) in [5.41, 5.74) is 0. The molecule has 1 atom stereocenters. The van der Waals surface area contributed by atoms with E-state index in [2.05, 4.69) is 0 Å². The van der Waals surface area contributed by atoms with E-state index in [1.165, 1.54) is 0 Å². The lowest BCUT2D eigenvalue weighted by molar-refractivity contribution is -0.133. The van der Waals surface area contributed by atoms with Crippen LogP contribution in [-0.2, 0) is 18.9 Å². The van der Waals surface area contributed by atoms with Crippen molar-refractivity contribution in [2.45, 2.75) is 12.4 Å². The highest BCUT2D eigenvalue weighted by atomic mass is 16.7. The minimum Gasteiger partial charge on any atom is -0.463 e. The van der Waals surface area contributed by atoms with Crippen LogP contribution in [0.15, 0.2) is 24.2 Å². The van der Waals surface area contributed by atoms with Gasteiger partial charge in [-0.15, -0.1) is 0 Å². The Kier molecular flexibility index (Phi) is 3.60. The summed E-state index contributed by atoms with van der Waals surface area (Å²) < 4.78 is 21.2. The van der Waals surface area contributed by atoms with Gasteiger partial charge in [0, 0.05) is 6.08 Å². The molecule has 0 amide bonds. The molecule has 0 spiro atoms. The largest absolute Gasteiger partial charge is 0.463 e. The Morgan fingerprint density at radius 2 is 2.20 bits per heavy atom. The highest BCUT2D eigenvalue weighted by Crippen LogP contribution is 2.19.